The minimum Gasteiger partial charge on any atom is -0.497 e. The Hall–Kier alpha value is -3.10. The van der Waals surface area contributed by atoms with Crippen molar-refractivity contribution in [3.8, 4) is 11.5 Å². The van der Waals surface area contributed by atoms with Gasteiger partial charge in [0.25, 0.3) is 5.91 Å². The molecule has 2 aromatic rings. The van der Waals surface area contributed by atoms with Gasteiger partial charge in [0.05, 0.1) is 38.7 Å². The van der Waals surface area contributed by atoms with Gasteiger partial charge in [0.2, 0.25) is 0 Å². The van der Waals surface area contributed by atoms with Crippen LogP contribution in [0.25, 0.3) is 0 Å². The lowest BCUT2D eigenvalue weighted by atomic mass is 10.1. The highest BCUT2D eigenvalue weighted by atomic mass is 16.5. The number of morpholine rings is 1. The number of nitrogens with one attached hydrogen (secondary N) is 1. The highest BCUT2D eigenvalue weighted by molar-refractivity contribution is 5.96. The second-order valence-corrected chi connectivity index (χ2v) is 6.78. The molecule has 30 heavy (non-hydrogen) atoms. The first-order valence-electron chi connectivity index (χ1n) is 9.67. The van der Waals surface area contributed by atoms with Crippen molar-refractivity contribution in [3.05, 3.63) is 53.6 Å². The SMILES string of the molecule is COc1ccc(NC(=O)COC(=O)c2ccc(CN3CCOCC3)cc2)c(OC)c1. The van der Waals surface area contributed by atoms with E-state index in [-0.39, 0.29) is 0 Å². The Morgan fingerprint density at radius 2 is 1.77 bits per heavy atom. The molecule has 160 valence electrons. The molecule has 1 N–H and O–H groups in total. The molecule has 1 amide bonds. The fraction of sp³-hybridized carbons (Fsp3) is 0.364. The number of hydrogen-bond donors (Lipinski definition) is 1. The maximum atomic E-state index is 12.2. The molecule has 1 aliphatic rings. The second-order valence-electron chi connectivity index (χ2n) is 6.78. The summed E-state index contributed by atoms with van der Waals surface area (Å²) in [4.78, 5) is 26.7. The third kappa shape index (κ3) is 5.95. The van der Waals surface area contributed by atoms with Crippen LogP contribution in [0.1, 0.15) is 15.9 Å². The molecule has 1 aliphatic heterocycles. The van der Waals surface area contributed by atoms with Crippen molar-refractivity contribution in [1.82, 2.24) is 4.90 Å². The Bertz CT molecular complexity index is 862. The molecule has 3 rings (SSSR count). The molecule has 8 nitrogen and oxygen atoms in total. The van der Waals surface area contributed by atoms with E-state index in [0.29, 0.717) is 22.7 Å². The van der Waals surface area contributed by atoms with Crippen LogP contribution in [0.4, 0.5) is 5.69 Å². The Morgan fingerprint density at radius 3 is 2.43 bits per heavy atom. The lowest BCUT2D eigenvalue weighted by Crippen LogP contribution is -2.35. The van der Waals surface area contributed by atoms with E-state index in [2.05, 4.69) is 10.2 Å². The Labute approximate surface area is 175 Å². The third-order valence-electron chi connectivity index (χ3n) is 4.72. The number of rotatable bonds is 8. The maximum Gasteiger partial charge on any atom is 0.338 e. The first-order chi connectivity index (χ1) is 14.6. The third-order valence-corrected chi connectivity index (χ3v) is 4.72. The van der Waals surface area contributed by atoms with E-state index in [1.165, 1.54) is 7.11 Å². The molecular formula is C22H26N2O6. The number of carbonyl (C=O) groups is 2. The lowest BCUT2D eigenvalue weighted by molar-refractivity contribution is -0.119. The summed E-state index contributed by atoms with van der Waals surface area (Å²) in [7, 11) is 3.04. The highest BCUT2D eigenvalue weighted by Crippen LogP contribution is 2.28. The fourth-order valence-electron chi connectivity index (χ4n) is 3.07. The summed E-state index contributed by atoms with van der Waals surface area (Å²) < 4.78 is 20.8. The smallest absolute Gasteiger partial charge is 0.338 e. The molecule has 8 heteroatoms. The summed E-state index contributed by atoms with van der Waals surface area (Å²) in [5.41, 5.74) is 1.97. The van der Waals surface area contributed by atoms with Gasteiger partial charge in [-0.05, 0) is 29.8 Å². The minimum absolute atomic E-state index is 0.399. The van der Waals surface area contributed by atoms with Gasteiger partial charge >= 0.3 is 5.97 Å². The van der Waals surface area contributed by atoms with E-state index in [1.807, 2.05) is 12.1 Å². The van der Waals surface area contributed by atoms with Crippen molar-refractivity contribution in [2.75, 3.05) is 52.4 Å². The number of benzene rings is 2. The molecule has 1 heterocycles. The van der Waals surface area contributed by atoms with E-state index in [1.54, 1.807) is 37.4 Å². The molecule has 1 saturated heterocycles. The van der Waals surface area contributed by atoms with Crippen molar-refractivity contribution in [2.24, 2.45) is 0 Å². The summed E-state index contributed by atoms with van der Waals surface area (Å²) in [6.07, 6.45) is 0. The van der Waals surface area contributed by atoms with Gasteiger partial charge in [-0.2, -0.15) is 0 Å². The topological polar surface area (TPSA) is 86.3 Å². The Morgan fingerprint density at radius 1 is 1.03 bits per heavy atom. The monoisotopic (exact) mass is 414 g/mol. The lowest BCUT2D eigenvalue weighted by Gasteiger charge is -2.26. The average Bonchev–Trinajstić information content (AvgIpc) is 2.79. The van der Waals surface area contributed by atoms with Crippen LogP contribution < -0.4 is 14.8 Å². The van der Waals surface area contributed by atoms with Crippen LogP contribution in [-0.2, 0) is 20.8 Å². The summed E-state index contributed by atoms with van der Waals surface area (Å²) in [5.74, 6) is 0.0405. The van der Waals surface area contributed by atoms with E-state index in [4.69, 9.17) is 18.9 Å². The van der Waals surface area contributed by atoms with Crippen LogP contribution in [0.3, 0.4) is 0 Å². The first kappa shape index (κ1) is 21.6. The van der Waals surface area contributed by atoms with E-state index in [9.17, 15) is 9.59 Å². The average molecular weight is 414 g/mol. The molecule has 0 spiro atoms. The number of hydrogen-bond acceptors (Lipinski definition) is 7. The van der Waals surface area contributed by atoms with Gasteiger partial charge < -0.3 is 24.3 Å². The van der Waals surface area contributed by atoms with Gasteiger partial charge in [-0.25, -0.2) is 4.79 Å². The molecule has 0 aliphatic carbocycles. The van der Waals surface area contributed by atoms with Crippen molar-refractivity contribution >= 4 is 17.6 Å². The molecule has 0 saturated carbocycles. The first-order valence-corrected chi connectivity index (χ1v) is 9.67. The number of ether oxygens (including phenoxy) is 4. The molecular weight excluding hydrogens is 388 g/mol. The van der Waals surface area contributed by atoms with Gasteiger partial charge in [-0.1, -0.05) is 12.1 Å². The van der Waals surface area contributed by atoms with Crippen molar-refractivity contribution < 1.29 is 28.5 Å². The van der Waals surface area contributed by atoms with Gasteiger partial charge in [0.15, 0.2) is 6.61 Å². The normalized spacial score (nSPS) is 14.1. The van der Waals surface area contributed by atoms with Crippen molar-refractivity contribution in [2.45, 2.75) is 6.54 Å². The second kappa shape index (κ2) is 10.6. The number of methoxy groups -OCH3 is 2. The largest absolute Gasteiger partial charge is 0.497 e. The van der Waals surface area contributed by atoms with Gasteiger partial charge in [0, 0.05) is 25.7 Å². The highest BCUT2D eigenvalue weighted by Gasteiger charge is 2.14. The van der Waals surface area contributed by atoms with E-state index in [0.717, 1.165) is 38.4 Å². The standard InChI is InChI=1S/C22H26N2O6/c1-27-18-7-8-19(20(13-18)28-2)23-21(25)15-30-22(26)17-5-3-16(4-6-17)14-24-9-11-29-12-10-24/h3-8,13H,9-12,14-15H2,1-2H3,(H,23,25). The summed E-state index contributed by atoms with van der Waals surface area (Å²) in [6.45, 7) is 3.70. The maximum absolute atomic E-state index is 12.2. The van der Waals surface area contributed by atoms with Gasteiger partial charge in [-0.15, -0.1) is 0 Å². The van der Waals surface area contributed by atoms with Crippen molar-refractivity contribution in [1.29, 1.82) is 0 Å². The van der Waals surface area contributed by atoms with Crippen LogP contribution in [0, 0.1) is 0 Å². The van der Waals surface area contributed by atoms with Crippen LogP contribution in [0.5, 0.6) is 11.5 Å². The summed E-state index contributed by atoms with van der Waals surface area (Å²) in [6, 6.07) is 12.2. The number of esters is 1. The fourth-order valence-corrected chi connectivity index (χ4v) is 3.07. The number of anilines is 1. The Kier molecular flexibility index (Phi) is 7.64. The zero-order chi connectivity index (χ0) is 21.3. The van der Waals surface area contributed by atoms with E-state index < -0.39 is 18.5 Å². The molecule has 0 atom stereocenters. The molecule has 0 radical (unpaired) electrons. The molecule has 0 bridgehead atoms. The number of amides is 1. The zero-order valence-corrected chi connectivity index (χ0v) is 17.2. The van der Waals surface area contributed by atoms with Crippen LogP contribution in [0.15, 0.2) is 42.5 Å². The quantitative estimate of drug-likeness (QED) is 0.664. The molecule has 2 aromatic carbocycles. The van der Waals surface area contributed by atoms with Crippen molar-refractivity contribution in [3.63, 3.8) is 0 Å². The number of carbonyl (C=O) groups excluding carboxylic acids is 2. The predicted molar refractivity (Wildman–Crippen MR) is 111 cm³/mol. The summed E-state index contributed by atoms with van der Waals surface area (Å²) >= 11 is 0. The zero-order valence-electron chi connectivity index (χ0n) is 17.2. The van der Waals surface area contributed by atoms with Crippen LogP contribution in [-0.4, -0.2) is 63.9 Å². The van der Waals surface area contributed by atoms with Gasteiger partial charge in [-0.3, -0.25) is 9.69 Å². The number of nitrogens with zero attached hydrogens (tertiary/aromatic N) is 1. The molecule has 1 fully saturated rings. The van der Waals surface area contributed by atoms with Crippen LogP contribution in [0.2, 0.25) is 0 Å². The van der Waals surface area contributed by atoms with Crippen LogP contribution >= 0.6 is 0 Å². The predicted octanol–water partition coefficient (Wildman–Crippen LogP) is 2.33. The summed E-state index contributed by atoms with van der Waals surface area (Å²) in [5, 5.41) is 2.66. The molecule has 0 unspecified atom stereocenters. The Balaban J connectivity index is 1.49. The minimum atomic E-state index is -0.551. The van der Waals surface area contributed by atoms with E-state index >= 15 is 0 Å². The molecule has 0 aromatic heterocycles. The van der Waals surface area contributed by atoms with Gasteiger partial charge in [0.1, 0.15) is 11.5 Å².